The maximum absolute atomic E-state index is 13.3. The lowest BCUT2D eigenvalue weighted by Crippen LogP contribution is -2.44. The Bertz CT molecular complexity index is 468. The van der Waals surface area contributed by atoms with E-state index >= 15 is 0 Å². The molecule has 0 aliphatic rings. The van der Waals surface area contributed by atoms with Crippen molar-refractivity contribution in [2.24, 2.45) is 0 Å². The number of amides is 2. The standard InChI is InChI=1S/C11H12F2N2O2S/c1-6(16)14-10(5-18)11(17)15-9-3-2-7(12)4-8(9)13/h2-4,10,18H,5H2,1H3,(H,14,16)(H,15,17). The molecular weight excluding hydrogens is 262 g/mol. The molecular formula is C11H12F2N2O2S. The molecule has 0 saturated carbocycles. The minimum atomic E-state index is -0.885. The molecule has 0 heterocycles. The van der Waals surface area contributed by atoms with Gasteiger partial charge in [-0.1, -0.05) is 0 Å². The van der Waals surface area contributed by atoms with Gasteiger partial charge in [0.05, 0.1) is 5.69 Å². The summed E-state index contributed by atoms with van der Waals surface area (Å²) in [6.45, 7) is 1.25. The topological polar surface area (TPSA) is 58.2 Å². The van der Waals surface area contributed by atoms with Gasteiger partial charge in [-0.25, -0.2) is 8.78 Å². The van der Waals surface area contributed by atoms with Crippen LogP contribution in [0.3, 0.4) is 0 Å². The summed E-state index contributed by atoms with van der Waals surface area (Å²) < 4.78 is 25.9. The third kappa shape index (κ3) is 3.99. The van der Waals surface area contributed by atoms with Gasteiger partial charge < -0.3 is 10.6 Å². The number of nitrogens with one attached hydrogen (secondary N) is 2. The number of benzene rings is 1. The molecule has 0 spiro atoms. The van der Waals surface area contributed by atoms with Crippen LogP contribution in [0.5, 0.6) is 0 Å². The number of hydrogen-bond donors (Lipinski definition) is 3. The Labute approximate surface area is 108 Å². The fourth-order valence-corrected chi connectivity index (χ4v) is 1.51. The molecule has 1 rings (SSSR count). The number of carbonyl (C=O) groups is 2. The molecule has 4 nitrogen and oxygen atoms in total. The molecule has 0 aliphatic heterocycles. The summed E-state index contributed by atoms with van der Waals surface area (Å²) in [4.78, 5) is 22.5. The molecule has 0 bridgehead atoms. The van der Waals surface area contributed by atoms with Crippen LogP contribution in [0, 0.1) is 11.6 Å². The molecule has 1 unspecified atom stereocenters. The number of carbonyl (C=O) groups excluding carboxylic acids is 2. The molecule has 0 radical (unpaired) electrons. The van der Waals surface area contributed by atoms with Gasteiger partial charge in [-0.2, -0.15) is 12.6 Å². The third-order valence-electron chi connectivity index (χ3n) is 2.07. The fourth-order valence-electron chi connectivity index (χ4n) is 1.25. The molecule has 0 fully saturated rings. The number of halogens is 2. The van der Waals surface area contributed by atoms with Crippen molar-refractivity contribution < 1.29 is 18.4 Å². The van der Waals surface area contributed by atoms with Crippen LogP contribution >= 0.6 is 12.6 Å². The zero-order valence-corrected chi connectivity index (χ0v) is 10.4. The summed E-state index contributed by atoms with van der Waals surface area (Å²) >= 11 is 3.91. The third-order valence-corrected chi connectivity index (χ3v) is 2.43. The number of thiol groups is 1. The lowest BCUT2D eigenvalue weighted by atomic mass is 10.2. The van der Waals surface area contributed by atoms with Crippen LogP contribution < -0.4 is 10.6 Å². The molecule has 0 aliphatic carbocycles. The molecule has 7 heteroatoms. The smallest absolute Gasteiger partial charge is 0.247 e. The highest BCUT2D eigenvalue weighted by Gasteiger charge is 2.18. The van der Waals surface area contributed by atoms with Crippen LogP contribution in [-0.4, -0.2) is 23.6 Å². The zero-order valence-electron chi connectivity index (χ0n) is 9.54. The Kier molecular flexibility index (Phi) is 5.08. The average Bonchev–Trinajstić information content (AvgIpc) is 2.29. The first-order valence-electron chi connectivity index (χ1n) is 5.08. The molecule has 0 aromatic heterocycles. The van der Waals surface area contributed by atoms with E-state index in [-0.39, 0.29) is 11.4 Å². The molecule has 18 heavy (non-hydrogen) atoms. The quantitative estimate of drug-likeness (QED) is 0.726. The molecule has 98 valence electrons. The average molecular weight is 274 g/mol. The van der Waals surface area contributed by atoms with Crippen LogP contribution in [0.4, 0.5) is 14.5 Å². The van der Waals surface area contributed by atoms with Crippen molar-refractivity contribution in [3.8, 4) is 0 Å². The van der Waals surface area contributed by atoms with Crippen molar-refractivity contribution in [1.29, 1.82) is 0 Å². The maximum Gasteiger partial charge on any atom is 0.247 e. The van der Waals surface area contributed by atoms with Crippen LogP contribution in [0.25, 0.3) is 0 Å². The second kappa shape index (κ2) is 6.34. The molecule has 0 saturated heterocycles. The van der Waals surface area contributed by atoms with Gasteiger partial charge in [-0.3, -0.25) is 9.59 Å². The normalized spacial score (nSPS) is 11.8. The highest BCUT2D eigenvalue weighted by molar-refractivity contribution is 7.80. The summed E-state index contributed by atoms with van der Waals surface area (Å²) in [7, 11) is 0. The SMILES string of the molecule is CC(=O)NC(CS)C(=O)Nc1ccc(F)cc1F. The second-order valence-corrected chi connectivity index (χ2v) is 3.91. The van der Waals surface area contributed by atoms with Crippen LogP contribution in [0.15, 0.2) is 18.2 Å². The summed E-state index contributed by atoms with van der Waals surface area (Å²) in [6.07, 6.45) is 0. The van der Waals surface area contributed by atoms with E-state index in [2.05, 4.69) is 23.3 Å². The van der Waals surface area contributed by atoms with Gasteiger partial charge in [-0.15, -0.1) is 0 Å². The first kappa shape index (κ1) is 14.4. The van der Waals surface area contributed by atoms with E-state index in [1.807, 2.05) is 0 Å². The van der Waals surface area contributed by atoms with Gasteiger partial charge in [0.2, 0.25) is 11.8 Å². The van der Waals surface area contributed by atoms with E-state index in [9.17, 15) is 18.4 Å². The molecule has 1 aromatic rings. The lowest BCUT2D eigenvalue weighted by molar-refractivity contribution is -0.124. The minimum Gasteiger partial charge on any atom is -0.344 e. The number of hydrogen-bond acceptors (Lipinski definition) is 3. The highest BCUT2D eigenvalue weighted by atomic mass is 32.1. The predicted molar refractivity (Wildman–Crippen MR) is 66.4 cm³/mol. The van der Waals surface area contributed by atoms with Crippen molar-refractivity contribution >= 4 is 30.1 Å². The van der Waals surface area contributed by atoms with Gasteiger partial charge >= 0.3 is 0 Å². The van der Waals surface area contributed by atoms with Crippen molar-refractivity contribution in [1.82, 2.24) is 5.32 Å². The van der Waals surface area contributed by atoms with Crippen molar-refractivity contribution in [2.45, 2.75) is 13.0 Å². The van der Waals surface area contributed by atoms with Crippen LogP contribution in [-0.2, 0) is 9.59 Å². The van der Waals surface area contributed by atoms with E-state index in [0.29, 0.717) is 6.07 Å². The first-order valence-corrected chi connectivity index (χ1v) is 5.71. The zero-order chi connectivity index (χ0) is 13.7. The van der Waals surface area contributed by atoms with E-state index in [1.165, 1.54) is 6.92 Å². The molecule has 2 N–H and O–H groups in total. The molecule has 1 aromatic carbocycles. The van der Waals surface area contributed by atoms with E-state index in [1.54, 1.807) is 0 Å². The van der Waals surface area contributed by atoms with Gasteiger partial charge in [0.25, 0.3) is 0 Å². The second-order valence-electron chi connectivity index (χ2n) is 3.55. The number of rotatable bonds is 4. The Morgan fingerprint density at radius 2 is 2.06 bits per heavy atom. The highest BCUT2D eigenvalue weighted by Crippen LogP contribution is 2.15. The van der Waals surface area contributed by atoms with Gasteiger partial charge in [-0.05, 0) is 12.1 Å². The predicted octanol–water partition coefficient (Wildman–Crippen LogP) is 1.34. The Morgan fingerprint density at radius 1 is 1.39 bits per heavy atom. The minimum absolute atomic E-state index is 0.0637. The lowest BCUT2D eigenvalue weighted by Gasteiger charge is -2.15. The molecule has 2 amide bonds. The van der Waals surface area contributed by atoms with E-state index < -0.39 is 29.5 Å². The first-order chi connectivity index (χ1) is 8.43. The van der Waals surface area contributed by atoms with Crippen molar-refractivity contribution in [3.05, 3.63) is 29.8 Å². The largest absolute Gasteiger partial charge is 0.344 e. The van der Waals surface area contributed by atoms with Crippen molar-refractivity contribution in [2.75, 3.05) is 11.1 Å². The van der Waals surface area contributed by atoms with Gasteiger partial charge in [0.1, 0.15) is 17.7 Å². The Hall–Kier alpha value is -1.63. The fraction of sp³-hybridized carbons (Fsp3) is 0.273. The van der Waals surface area contributed by atoms with E-state index in [0.717, 1.165) is 12.1 Å². The molecule has 1 atom stereocenters. The Morgan fingerprint density at radius 3 is 2.56 bits per heavy atom. The number of anilines is 1. The van der Waals surface area contributed by atoms with Crippen molar-refractivity contribution in [3.63, 3.8) is 0 Å². The van der Waals surface area contributed by atoms with E-state index in [4.69, 9.17) is 0 Å². The summed E-state index contributed by atoms with van der Waals surface area (Å²) in [5, 5.41) is 4.61. The van der Waals surface area contributed by atoms with Crippen LogP contribution in [0.2, 0.25) is 0 Å². The summed E-state index contributed by atoms with van der Waals surface area (Å²) in [5.41, 5.74) is -0.154. The Balaban J connectivity index is 2.76. The van der Waals surface area contributed by atoms with Crippen LogP contribution in [0.1, 0.15) is 6.92 Å². The summed E-state index contributed by atoms with van der Waals surface area (Å²) in [6, 6.07) is 1.90. The monoisotopic (exact) mass is 274 g/mol. The maximum atomic E-state index is 13.3. The van der Waals surface area contributed by atoms with Gasteiger partial charge in [0, 0.05) is 18.7 Å². The van der Waals surface area contributed by atoms with Gasteiger partial charge in [0.15, 0.2) is 0 Å². The summed E-state index contributed by atoms with van der Waals surface area (Å²) in [5.74, 6) is -2.58.